The third-order valence-corrected chi connectivity index (χ3v) is 5.24. The number of hydrogen-bond donors (Lipinski definition) is 1. The summed E-state index contributed by atoms with van der Waals surface area (Å²) < 4.78 is 5.33. The van der Waals surface area contributed by atoms with Crippen molar-refractivity contribution in [1.29, 1.82) is 0 Å². The zero-order chi connectivity index (χ0) is 18.5. The second kappa shape index (κ2) is 8.76. The minimum atomic E-state index is -0.0644. The van der Waals surface area contributed by atoms with Gasteiger partial charge in [-0.15, -0.1) is 0 Å². The molecule has 1 saturated heterocycles. The topological polar surface area (TPSA) is 41.6 Å². The van der Waals surface area contributed by atoms with E-state index in [0.717, 1.165) is 25.1 Å². The Bertz CT molecular complexity index is 782. The lowest BCUT2D eigenvalue weighted by Gasteiger charge is -2.25. The first-order chi connectivity index (χ1) is 12.6. The van der Waals surface area contributed by atoms with Crippen molar-refractivity contribution in [3.63, 3.8) is 0 Å². The third-order valence-electron chi connectivity index (χ3n) is 4.67. The monoisotopic (exact) mass is 392 g/mol. The maximum Gasteiger partial charge on any atom is 0.225 e. The van der Waals surface area contributed by atoms with Gasteiger partial charge in [-0.1, -0.05) is 35.3 Å². The molecule has 2 aromatic carbocycles. The van der Waals surface area contributed by atoms with Crippen molar-refractivity contribution < 1.29 is 9.53 Å². The molecule has 0 saturated carbocycles. The van der Waals surface area contributed by atoms with Crippen molar-refractivity contribution in [3.8, 4) is 5.75 Å². The molecule has 1 heterocycles. The Hall–Kier alpha value is -1.75. The highest BCUT2D eigenvalue weighted by Gasteiger charge is 2.26. The number of rotatable bonds is 6. The average molecular weight is 393 g/mol. The van der Waals surface area contributed by atoms with E-state index in [-0.39, 0.29) is 5.91 Å². The molecular weight excluding hydrogens is 371 g/mol. The summed E-state index contributed by atoms with van der Waals surface area (Å²) in [7, 11) is 1.68. The molecule has 1 atom stereocenters. The summed E-state index contributed by atoms with van der Waals surface area (Å²) in [5, 5.41) is 3.87. The number of amides is 1. The van der Waals surface area contributed by atoms with Crippen molar-refractivity contribution >= 4 is 34.8 Å². The van der Waals surface area contributed by atoms with E-state index < -0.39 is 0 Å². The molecule has 4 nitrogen and oxygen atoms in total. The lowest BCUT2D eigenvalue weighted by atomic mass is 10.0. The smallest absolute Gasteiger partial charge is 0.225 e. The number of nitrogens with zero attached hydrogens (tertiary/aromatic N) is 1. The Labute approximate surface area is 164 Å². The van der Waals surface area contributed by atoms with Gasteiger partial charge in [0, 0.05) is 24.0 Å². The first-order valence-electron chi connectivity index (χ1n) is 8.69. The Morgan fingerprint density at radius 1 is 1.27 bits per heavy atom. The number of halogens is 2. The molecule has 1 aliphatic rings. The van der Waals surface area contributed by atoms with Crippen LogP contribution in [0.15, 0.2) is 42.5 Å². The Kier molecular flexibility index (Phi) is 6.41. The highest BCUT2D eigenvalue weighted by atomic mass is 35.5. The molecule has 1 unspecified atom stereocenters. The predicted molar refractivity (Wildman–Crippen MR) is 106 cm³/mol. The third kappa shape index (κ3) is 4.70. The second-order valence-corrected chi connectivity index (χ2v) is 7.24. The molecule has 138 valence electrons. The number of benzene rings is 2. The van der Waals surface area contributed by atoms with Gasteiger partial charge in [-0.05, 0) is 55.3 Å². The molecule has 1 aliphatic heterocycles. The molecule has 0 aliphatic carbocycles. The summed E-state index contributed by atoms with van der Waals surface area (Å²) >= 11 is 12.1. The number of methoxy groups -OCH3 is 1. The fourth-order valence-electron chi connectivity index (χ4n) is 3.37. The van der Waals surface area contributed by atoms with Gasteiger partial charge in [0.15, 0.2) is 0 Å². The largest absolute Gasteiger partial charge is 0.497 e. The standard InChI is InChI=1S/C20H22Cl2N2O2/c1-26-16-5-2-4-14(12-16)19-6-3-10-24(19)11-9-20(25)23-18-13-15(21)7-8-17(18)22/h2,4-5,7-8,12-13,19H,3,6,9-11H2,1H3,(H,23,25). The number of anilines is 1. The minimum absolute atomic E-state index is 0.0644. The van der Waals surface area contributed by atoms with Gasteiger partial charge in [0.2, 0.25) is 5.91 Å². The number of hydrogen-bond acceptors (Lipinski definition) is 3. The van der Waals surface area contributed by atoms with E-state index in [4.69, 9.17) is 27.9 Å². The fraction of sp³-hybridized carbons (Fsp3) is 0.350. The lowest BCUT2D eigenvalue weighted by Crippen LogP contribution is -2.27. The first-order valence-corrected chi connectivity index (χ1v) is 9.45. The van der Waals surface area contributed by atoms with Gasteiger partial charge in [-0.3, -0.25) is 9.69 Å². The van der Waals surface area contributed by atoms with Crippen LogP contribution in [0.5, 0.6) is 5.75 Å². The number of nitrogens with one attached hydrogen (secondary N) is 1. The second-order valence-electron chi connectivity index (χ2n) is 6.39. The average Bonchev–Trinajstić information content (AvgIpc) is 3.12. The van der Waals surface area contributed by atoms with E-state index in [1.165, 1.54) is 5.56 Å². The molecule has 1 fully saturated rings. The van der Waals surface area contributed by atoms with E-state index in [9.17, 15) is 4.79 Å². The zero-order valence-electron chi connectivity index (χ0n) is 14.7. The molecule has 1 N–H and O–H groups in total. The Balaban J connectivity index is 1.59. The van der Waals surface area contributed by atoms with Gasteiger partial charge in [0.1, 0.15) is 5.75 Å². The van der Waals surface area contributed by atoms with Gasteiger partial charge in [-0.2, -0.15) is 0 Å². The summed E-state index contributed by atoms with van der Waals surface area (Å²) in [6.45, 7) is 1.69. The Morgan fingerprint density at radius 2 is 2.12 bits per heavy atom. The van der Waals surface area contributed by atoms with Crippen LogP contribution in [-0.4, -0.2) is 31.0 Å². The van der Waals surface area contributed by atoms with Crippen LogP contribution < -0.4 is 10.1 Å². The van der Waals surface area contributed by atoms with Crippen LogP contribution in [0.4, 0.5) is 5.69 Å². The van der Waals surface area contributed by atoms with Crippen LogP contribution in [0.1, 0.15) is 30.9 Å². The van der Waals surface area contributed by atoms with Crippen molar-refractivity contribution in [3.05, 3.63) is 58.1 Å². The van der Waals surface area contributed by atoms with Crippen molar-refractivity contribution in [2.75, 3.05) is 25.5 Å². The highest BCUT2D eigenvalue weighted by molar-refractivity contribution is 6.35. The van der Waals surface area contributed by atoms with Gasteiger partial charge in [0.05, 0.1) is 17.8 Å². The summed E-state index contributed by atoms with van der Waals surface area (Å²) in [6.07, 6.45) is 2.63. The van der Waals surface area contributed by atoms with Crippen LogP contribution in [0.25, 0.3) is 0 Å². The van der Waals surface area contributed by atoms with Crippen LogP contribution in [0, 0.1) is 0 Å². The molecule has 0 spiro atoms. The molecule has 0 bridgehead atoms. The normalized spacial score (nSPS) is 17.3. The molecule has 0 radical (unpaired) electrons. The van der Waals surface area contributed by atoms with Crippen molar-refractivity contribution in [2.45, 2.75) is 25.3 Å². The summed E-state index contributed by atoms with van der Waals surface area (Å²) in [6, 6.07) is 13.5. The molecule has 2 aromatic rings. The van der Waals surface area contributed by atoms with E-state index in [0.29, 0.717) is 34.7 Å². The predicted octanol–water partition coefficient (Wildman–Crippen LogP) is 5.17. The zero-order valence-corrected chi connectivity index (χ0v) is 16.2. The van der Waals surface area contributed by atoms with Gasteiger partial charge in [-0.25, -0.2) is 0 Å². The van der Waals surface area contributed by atoms with E-state index in [1.54, 1.807) is 25.3 Å². The van der Waals surface area contributed by atoms with Crippen LogP contribution >= 0.6 is 23.2 Å². The molecule has 0 aromatic heterocycles. The number of ether oxygens (including phenoxy) is 1. The number of likely N-dealkylation sites (tertiary alicyclic amines) is 1. The van der Waals surface area contributed by atoms with Crippen molar-refractivity contribution in [2.24, 2.45) is 0 Å². The molecular formula is C20H22Cl2N2O2. The number of carbonyl (C=O) groups is 1. The van der Waals surface area contributed by atoms with Gasteiger partial charge in [0.25, 0.3) is 0 Å². The van der Waals surface area contributed by atoms with Crippen LogP contribution in [0.3, 0.4) is 0 Å². The van der Waals surface area contributed by atoms with Crippen LogP contribution in [0.2, 0.25) is 10.0 Å². The number of carbonyl (C=O) groups excluding carboxylic acids is 1. The minimum Gasteiger partial charge on any atom is -0.497 e. The quantitative estimate of drug-likeness (QED) is 0.737. The van der Waals surface area contributed by atoms with E-state index >= 15 is 0 Å². The summed E-state index contributed by atoms with van der Waals surface area (Å²) in [4.78, 5) is 14.7. The van der Waals surface area contributed by atoms with E-state index in [1.807, 2.05) is 12.1 Å². The first kappa shape index (κ1) is 19.0. The van der Waals surface area contributed by atoms with E-state index in [2.05, 4.69) is 22.3 Å². The summed E-state index contributed by atoms with van der Waals surface area (Å²) in [5.41, 5.74) is 1.79. The molecule has 26 heavy (non-hydrogen) atoms. The Morgan fingerprint density at radius 3 is 2.92 bits per heavy atom. The van der Waals surface area contributed by atoms with Gasteiger partial charge >= 0.3 is 0 Å². The maximum absolute atomic E-state index is 12.3. The lowest BCUT2D eigenvalue weighted by molar-refractivity contribution is -0.116. The highest BCUT2D eigenvalue weighted by Crippen LogP contribution is 2.33. The van der Waals surface area contributed by atoms with Crippen molar-refractivity contribution in [1.82, 2.24) is 4.90 Å². The molecule has 6 heteroatoms. The SMILES string of the molecule is COc1cccc(C2CCCN2CCC(=O)Nc2cc(Cl)ccc2Cl)c1. The van der Waals surface area contributed by atoms with Crippen LogP contribution in [-0.2, 0) is 4.79 Å². The van der Waals surface area contributed by atoms with Gasteiger partial charge < -0.3 is 10.1 Å². The molecule has 3 rings (SSSR count). The molecule has 1 amide bonds. The fourth-order valence-corrected chi connectivity index (χ4v) is 3.71. The maximum atomic E-state index is 12.3. The summed E-state index contributed by atoms with van der Waals surface area (Å²) in [5.74, 6) is 0.799.